The fourth-order valence-electron chi connectivity index (χ4n) is 1.40. The van der Waals surface area contributed by atoms with Gasteiger partial charge in [-0.1, -0.05) is 24.3 Å². The smallest absolute Gasteiger partial charge is 0.263 e. The molecule has 0 saturated heterocycles. The molecule has 0 aromatic heterocycles. The van der Waals surface area contributed by atoms with Gasteiger partial charge in [-0.05, 0) is 18.6 Å². The van der Waals surface area contributed by atoms with Crippen molar-refractivity contribution >= 4 is 10.0 Å². The highest BCUT2D eigenvalue weighted by atomic mass is 32.2. The van der Waals surface area contributed by atoms with Crippen molar-refractivity contribution in [3.8, 4) is 0 Å². The topological polar surface area (TPSA) is 37.4 Å². The SMILES string of the molecule is O=S(=O)(c1ccccc1)N1C=CCC1. The molecular formula is C10H11NO2S. The third-order valence-electron chi connectivity index (χ3n) is 2.14. The highest BCUT2D eigenvalue weighted by molar-refractivity contribution is 7.89. The number of rotatable bonds is 2. The first kappa shape index (κ1) is 9.27. The van der Waals surface area contributed by atoms with Crippen LogP contribution >= 0.6 is 0 Å². The fraction of sp³-hybridized carbons (Fsp3) is 0.200. The quantitative estimate of drug-likeness (QED) is 0.741. The zero-order valence-electron chi connectivity index (χ0n) is 7.63. The molecule has 4 heteroatoms. The molecule has 1 aliphatic heterocycles. The van der Waals surface area contributed by atoms with Gasteiger partial charge >= 0.3 is 0 Å². The molecule has 0 fully saturated rings. The lowest BCUT2D eigenvalue weighted by Crippen LogP contribution is -2.23. The van der Waals surface area contributed by atoms with E-state index in [1.165, 1.54) is 4.31 Å². The lowest BCUT2D eigenvalue weighted by atomic mass is 10.4. The lowest BCUT2D eigenvalue weighted by Gasteiger charge is -2.15. The summed E-state index contributed by atoms with van der Waals surface area (Å²) < 4.78 is 25.2. The summed E-state index contributed by atoms with van der Waals surface area (Å²) in [5.74, 6) is 0. The van der Waals surface area contributed by atoms with Crippen molar-refractivity contribution in [1.82, 2.24) is 4.31 Å². The van der Waals surface area contributed by atoms with Gasteiger partial charge in [0.25, 0.3) is 10.0 Å². The van der Waals surface area contributed by atoms with Crippen LogP contribution in [-0.2, 0) is 10.0 Å². The van der Waals surface area contributed by atoms with Gasteiger partial charge in [-0.3, -0.25) is 4.31 Å². The molecule has 1 aromatic rings. The fourth-order valence-corrected chi connectivity index (χ4v) is 2.76. The predicted molar refractivity (Wildman–Crippen MR) is 54.1 cm³/mol. The minimum atomic E-state index is -3.29. The summed E-state index contributed by atoms with van der Waals surface area (Å²) in [5, 5.41) is 0. The van der Waals surface area contributed by atoms with Gasteiger partial charge in [0.05, 0.1) is 4.90 Å². The van der Waals surface area contributed by atoms with Crippen molar-refractivity contribution in [3.63, 3.8) is 0 Å². The van der Waals surface area contributed by atoms with E-state index in [0.29, 0.717) is 11.4 Å². The summed E-state index contributed by atoms with van der Waals surface area (Å²) in [6.07, 6.45) is 4.29. The first-order chi connectivity index (χ1) is 6.71. The van der Waals surface area contributed by atoms with Crippen LogP contribution in [0.15, 0.2) is 47.5 Å². The van der Waals surface area contributed by atoms with E-state index in [1.807, 2.05) is 6.08 Å². The largest absolute Gasteiger partial charge is 0.273 e. The van der Waals surface area contributed by atoms with Crippen molar-refractivity contribution < 1.29 is 8.42 Å². The Hall–Kier alpha value is -1.29. The van der Waals surface area contributed by atoms with Gasteiger partial charge in [0.2, 0.25) is 0 Å². The normalized spacial score (nSPS) is 16.1. The molecule has 0 spiro atoms. The van der Waals surface area contributed by atoms with Crippen LogP contribution in [0.1, 0.15) is 6.42 Å². The number of hydrogen-bond donors (Lipinski definition) is 0. The van der Waals surface area contributed by atoms with Crippen molar-refractivity contribution in [2.45, 2.75) is 11.3 Å². The summed E-state index contributed by atoms with van der Waals surface area (Å²) in [6, 6.07) is 8.49. The molecule has 2 rings (SSSR count). The van der Waals surface area contributed by atoms with Crippen LogP contribution in [0.25, 0.3) is 0 Å². The number of sulfonamides is 1. The van der Waals surface area contributed by atoms with Crippen LogP contribution in [-0.4, -0.2) is 19.3 Å². The molecule has 0 bridgehead atoms. The van der Waals surface area contributed by atoms with Gasteiger partial charge in [0.15, 0.2) is 0 Å². The maximum Gasteiger partial charge on any atom is 0.263 e. The standard InChI is InChI=1S/C10H11NO2S/c12-14(13,11-8-4-5-9-11)10-6-2-1-3-7-10/h1-4,6-8H,5,9H2. The van der Waals surface area contributed by atoms with Gasteiger partial charge < -0.3 is 0 Å². The van der Waals surface area contributed by atoms with Crippen LogP contribution < -0.4 is 0 Å². The van der Waals surface area contributed by atoms with Crippen molar-refractivity contribution in [2.24, 2.45) is 0 Å². The molecule has 3 nitrogen and oxygen atoms in total. The molecule has 0 amide bonds. The van der Waals surface area contributed by atoms with Crippen molar-refractivity contribution in [2.75, 3.05) is 6.54 Å². The predicted octanol–water partition coefficient (Wildman–Crippen LogP) is 1.59. The molecular weight excluding hydrogens is 198 g/mol. The molecule has 14 heavy (non-hydrogen) atoms. The van der Waals surface area contributed by atoms with E-state index in [0.717, 1.165) is 6.42 Å². The van der Waals surface area contributed by atoms with E-state index < -0.39 is 10.0 Å². The van der Waals surface area contributed by atoms with E-state index in [9.17, 15) is 8.42 Å². The average molecular weight is 209 g/mol. The Morgan fingerprint density at radius 3 is 2.43 bits per heavy atom. The van der Waals surface area contributed by atoms with Crippen LogP contribution in [0.5, 0.6) is 0 Å². The van der Waals surface area contributed by atoms with Crippen LogP contribution in [0.3, 0.4) is 0 Å². The van der Waals surface area contributed by atoms with Crippen molar-refractivity contribution in [1.29, 1.82) is 0 Å². The first-order valence-electron chi connectivity index (χ1n) is 4.45. The Morgan fingerprint density at radius 1 is 1.14 bits per heavy atom. The van der Waals surface area contributed by atoms with E-state index in [-0.39, 0.29) is 0 Å². The minimum Gasteiger partial charge on any atom is -0.273 e. The second-order valence-electron chi connectivity index (χ2n) is 3.10. The summed E-state index contributed by atoms with van der Waals surface area (Å²) in [7, 11) is -3.29. The van der Waals surface area contributed by atoms with E-state index in [4.69, 9.17) is 0 Å². The summed E-state index contributed by atoms with van der Waals surface area (Å²) in [4.78, 5) is 0.353. The van der Waals surface area contributed by atoms with Gasteiger partial charge in [-0.15, -0.1) is 0 Å². The Morgan fingerprint density at radius 2 is 1.86 bits per heavy atom. The zero-order valence-corrected chi connectivity index (χ0v) is 8.44. The van der Waals surface area contributed by atoms with Gasteiger partial charge in [-0.25, -0.2) is 8.42 Å². The van der Waals surface area contributed by atoms with Gasteiger partial charge in [-0.2, -0.15) is 0 Å². The summed E-state index contributed by atoms with van der Waals surface area (Å²) in [6.45, 7) is 0.553. The maximum atomic E-state index is 11.9. The molecule has 0 unspecified atom stereocenters. The Kier molecular flexibility index (Phi) is 2.29. The van der Waals surface area contributed by atoms with E-state index >= 15 is 0 Å². The molecule has 0 radical (unpaired) electrons. The second kappa shape index (κ2) is 3.46. The molecule has 0 aliphatic carbocycles. The van der Waals surface area contributed by atoms with Gasteiger partial charge in [0, 0.05) is 12.7 Å². The molecule has 1 heterocycles. The molecule has 74 valence electrons. The zero-order chi connectivity index (χ0) is 10.0. The van der Waals surface area contributed by atoms with Crippen LogP contribution in [0, 0.1) is 0 Å². The lowest BCUT2D eigenvalue weighted by molar-refractivity contribution is 0.517. The molecule has 1 aliphatic rings. The Labute approximate surface area is 83.7 Å². The second-order valence-corrected chi connectivity index (χ2v) is 4.99. The Bertz CT molecular complexity index is 436. The highest BCUT2D eigenvalue weighted by Crippen LogP contribution is 2.18. The summed E-state index contributed by atoms with van der Waals surface area (Å²) >= 11 is 0. The first-order valence-corrected chi connectivity index (χ1v) is 5.89. The van der Waals surface area contributed by atoms with Crippen LogP contribution in [0.2, 0.25) is 0 Å². The molecule has 0 saturated carbocycles. The Balaban J connectivity index is 2.38. The molecule has 0 N–H and O–H groups in total. The monoisotopic (exact) mass is 209 g/mol. The maximum absolute atomic E-state index is 11.9. The van der Waals surface area contributed by atoms with Crippen molar-refractivity contribution in [3.05, 3.63) is 42.6 Å². The van der Waals surface area contributed by atoms with E-state index in [1.54, 1.807) is 36.5 Å². The van der Waals surface area contributed by atoms with Gasteiger partial charge in [0.1, 0.15) is 0 Å². The third kappa shape index (κ3) is 1.53. The number of hydrogen-bond acceptors (Lipinski definition) is 2. The highest BCUT2D eigenvalue weighted by Gasteiger charge is 2.22. The van der Waals surface area contributed by atoms with Crippen LogP contribution in [0.4, 0.5) is 0 Å². The number of benzene rings is 1. The number of nitrogens with zero attached hydrogens (tertiary/aromatic N) is 1. The molecule has 1 aromatic carbocycles. The third-order valence-corrected chi connectivity index (χ3v) is 3.93. The molecule has 0 atom stereocenters. The minimum absolute atomic E-state index is 0.353. The summed E-state index contributed by atoms with van der Waals surface area (Å²) in [5.41, 5.74) is 0. The van der Waals surface area contributed by atoms with E-state index in [2.05, 4.69) is 0 Å². The average Bonchev–Trinajstić information content (AvgIpc) is 2.72.